The number of hydrogen-bond acceptors (Lipinski definition) is 3. The first kappa shape index (κ1) is 21.4. The first-order valence-electron chi connectivity index (χ1n) is 9.00. The molecule has 6 heteroatoms. The predicted octanol–water partition coefficient (Wildman–Crippen LogP) is 3.18. The van der Waals surface area contributed by atoms with Gasteiger partial charge in [0.1, 0.15) is 0 Å². The predicted molar refractivity (Wildman–Crippen MR) is 114 cm³/mol. The SMILES string of the molecule is CCNC(=NCC1(C)CCCS1)NCC(C)CN1CCCC1.I. The van der Waals surface area contributed by atoms with Crippen LogP contribution < -0.4 is 10.6 Å². The molecule has 0 aliphatic carbocycles. The minimum atomic E-state index is 0. The number of nitrogens with zero attached hydrogens (tertiary/aromatic N) is 2. The quantitative estimate of drug-likeness (QED) is 0.352. The van der Waals surface area contributed by atoms with Gasteiger partial charge in [-0.25, -0.2) is 0 Å². The van der Waals surface area contributed by atoms with E-state index in [0.29, 0.717) is 10.7 Å². The van der Waals surface area contributed by atoms with Crippen molar-refractivity contribution in [3.05, 3.63) is 0 Å². The summed E-state index contributed by atoms with van der Waals surface area (Å²) in [6.07, 6.45) is 5.39. The van der Waals surface area contributed by atoms with E-state index >= 15 is 0 Å². The molecule has 0 saturated carbocycles. The zero-order chi connectivity index (χ0) is 15.8. The van der Waals surface area contributed by atoms with Gasteiger partial charge in [0.25, 0.3) is 0 Å². The van der Waals surface area contributed by atoms with Crippen LogP contribution in [0, 0.1) is 5.92 Å². The molecule has 2 unspecified atom stereocenters. The van der Waals surface area contributed by atoms with Crippen molar-refractivity contribution in [3.63, 3.8) is 0 Å². The fourth-order valence-electron chi connectivity index (χ4n) is 3.29. The molecule has 2 N–H and O–H groups in total. The van der Waals surface area contributed by atoms with Gasteiger partial charge < -0.3 is 15.5 Å². The van der Waals surface area contributed by atoms with Gasteiger partial charge in [-0.05, 0) is 64.3 Å². The Bertz CT molecular complexity index is 353. The van der Waals surface area contributed by atoms with Gasteiger partial charge in [0, 0.05) is 24.4 Å². The maximum atomic E-state index is 4.83. The van der Waals surface area contributed by atoms with Crippen LogP contribution >= 0.6 is 35.7 Å². The fraction of sp³-hybridized carbons (Fsp3) is 0.941. The van der Waals surface area contributed by atoms with Gasteiger partial charge in [0.2, 0.25) is 0 Å². The fourth-order valence-corrected chi connectivity index (χ4v) is 4.52. The molecular formula is C17H35IN4S. The second-order valence-corrected chi connectivity index (χ2v) is 8.77. The molecule has 0 radical (unpaired) electrons. The van der Waals surface area contributed by atoms with E-state index in [9.17, 15) is 0 Å². The standard InChI is InChI=1S/C17H34N4S.HI/c1-4-18-16(20-14-17(3)8-7-11-22-17)19-12-15(2)13-21-9-5-6-10-21;/h15H,4-14H2,1-3H3,(H2,18,19,20);1H. The summed E-state index contributed by atoms with van der Waals surface area (Å²) in [7, 11) is 0. The lowest BCUT2D eigenvalue weighted by molar-refractivity contribution is 0.287. The van der Waals surface area contributed by atoms with Crippen molar-refractivity contribution in [2.45, 2.75) is 51.2 Å². The second kappa shape index (κ2) is 11.0. The molecule has 23 heavy (non-hydrogen) atoms. The zero-order valence-corrected chi connectivity index (χ0v) is 18.2. The van der Waals surface area contributed by atoms with Crippen LogP contribution in [-0.2, 0) is 0 Å². The summed E-state index contributed by atoms with van der Waals surface area (Å²) < 4.78 is 0.351. The highest BCUT2D eigenvalue weighted by Gasteiger charge is 2.29. The van der Waals surface area contributed by atoms with Crippen LogP contribution in [0.3, 0.4) is 0 Å². The van der Waals surface area contributed by atoms with E-state index in [2.05, 4.69) is 48.1 Å². The summed E-state index contributed by atoms with van der Waals surface area (Å²) in [5.74, 6) is 2.95. The summed E-state index contributed by atoms with van der Waals surface area (Å²) in [5.41, 5.74) is 0. The van der Waals surface area contributed by atoms with Gasteiger partial charge in [-0.1, -0.05) is 6.92 Å². The van der Waals surface area contributed by atoms with Crippen LogP contribution in [0.15, 0.2) is 4.99 Å². The molecule has 2 fully saturated rings. The van der Waals surface area contributed by atoms with E-state index in [1.54, 1.807) is 0 Å². The van der Waals surface area contributed by atoms with Gasteiger partial charge in [-0.3, -0.25) is 4.99 Å². The van der Waals surface area contributed by atoms with Gasteiger partial charge in [0.15, 0.2) is 5.96 Å². The molecular weight excluding hydrogens is 419 g/mol. The maximum Gasteiger partial charge on any atom is 0.191 e. The highest BCUT2D eigenvalue weighted by atomic mass is 127. The first-order valence-corrected chi connectivity index (χ1v) is 9.98. The topological polar surface area (TPSA) is 39.7 Å². The van der Waals surface area contributed by atoms with Crippen molar-refractivity contribution in [1.82, 2.24) is 15.5 Å². The molecule has 0 aromatic heterocycles. The number of nitrogens with one attached hydrogen (secondary N) is 2. The van der Waals surface area contributed by atoms with Gasteiger partial charge in [-0.2, -0.15) is 11.8 Å². The highest BCUT2D eigenvalue weighted by molar-refractivity contribution is 14.0. The van der Waals surface area contributed by atoms with E-state index in [1.807, 2.05) is 0 Å². The van der Waals surface area contributed by atoms with Gasteiger partial charge in [-0.15, -0.1) is 24.0 Å². The normalized spacial score (nSPS) is 26.8. The molecule has 2 atom stereocenters. The molecule has 136 valence electrons. The lowest BCUT2D eigenvalue weighted by Crippen LogP contribution is -2.42. The third kappa shape index (κ3) is 7.82. The molecule has 2 saturated heterocycles. The smallest absolute Gasteiger partial charge is 0.191 e. The van der Waals surface area contributed by atoms with E-state index < -0.39 is 0 Å². The third-order valence-electron chi connectivity index (χ3n) is 4.60. The minimum absolute atomic E-state index is 0. The first-order chi connectivity index (χ1) is 10.6. The lowest BCUT2D eigenvalue weighted by Gasteiger charge is -2.23. The highest BCUT2D eigenvalue weighted by Crippen LogP contribution is 2.37. The Morgan fingerprint density at radius 2 is 2.00 bits per heavy atom. The van der Waals surface area contributed by atoms with Crippen LogP contribution in [0.5, 0.6) is 0 Å². The van der Waals surface area contributed by atoms with Gasteiger partial charge in [0.05, 0.1) is 6.54 Å². The number of halogens is 1. The molecule has 0 amide bonds. The van der Waals surface area contributed by atoms with Crippen LogP contribution in [0.25, 0.3) is 0 Å². The summed E-state index contributed by atoms with van der Waals surface area (Å²) in [6, 6.07) is 0. The van der Waals surface area contributed by atoms with Crippen LogP contribution in [0.1, 0.15) is 46.5 Å². The summed E-state index contributed by atoms with van der Waals surface area (Å²) >= 11 is 2.08. The van der Waals surface area contributed by atoms with Crippen molar-refractivity contribution in [1.29, 1.82) is 0 Å². The van der Waals surface area contributed by atoms with E-state index in [1.165, 1.54) is 51.1 Å². The summed E-state index contributed by atoms with van der Waals surface area (Å²) in [4.78, 5) is 7.42. The molecule has 2 aliphatic heterocycles. The average molecular weight is 454 g/mol. The number of thioether (sulfide) groups is 1. The van der Waals surface area contributed by atoms with Crippen LogP contribution in [-0.4, -0.2) is 60.6 Å². The Kier molecular flexibility index (Phi) is 10.2. The summed E-state index contributed by atoms with van der Waals surface area (Å²) in [5, 5.41) is 6.93. The monoisotopic (exact) mass is 454 g/mol. The van der Waals surface area contributed by atoms with Crippen molar-refractivity contribution in [2.24, 2.45) is 10.9 Å². The Hall–Kier alpha value is 0.310. The number of likely N-dealkylation sites (tertiary alicyclic amines) is 1. The van der Waals surface area contributed by atoms with Crippen molar-refractivity contribution in [2.75, 3.05) is 45.0 Å². The van der Waals surface area contributed by atoms with E-state index in [-0.39, 0.29) is 24.0 Å². The second-order valence-electron chi connectivity index (χ2n) is 7.09. The lowest BCUT2D eigenvalue weighted by atomic mass is 10.1. The Morgan fingerprint density at radius 3 is 2.61 bits per heavy atom. The van der Waals surface area contributed by atoms with Crippen LogP contribution in [0.2, 0.25) is 0 Å². The van der Waals surface area contributed by atoms with Crippen molar-refractivity contribution in [3.8, 4) is 0 Å². The molecule has 2 heterocycles. The third-order valence-corrected chi connectivity index (χ3v) is 6.13. The molecule has 2 aliphatic rings. The maximum absolute atomic E-state index is 4.83. The van der Waals surface area contributed by atoms with Crippen molar-refractivity contribution >= 4 is 41.7 Å². The minimum Gasteiger partial charge on any atom is -0.357 e. The molecule has 0 aromatic rings. The van der Waals surface area contributed by atoms with Crippen LogP contribution in [0.4, 0.5) is 0 Å². The number of rotatable bonds is 7. The number of hydrogen-bond donors (Lipinski definition) is 2. The largest absolute Gasteiger partial charge is 0.357 e. The van der Waals surface area contributed by atoms with E-state index in [0.717, 1.165) is 25.6 Å². The zero-order valence-electron chi connectivity index (χ0n) is 15.1. The molecule has 0 bridgehead atoms. The van der Waals surface area contributed by atoms with Crippen molar-refractivity contribution < 1.29 is 0 Å². The Labute approximate surface area is 164 Å². The molecule has 0 aromatic carbocycles. The molecule has 2 rings (SSSR count). The van der Waals surface area contributed by atoms with Gasteiger partial charge >= 0.3 is 0 Å². The Balaban J connectivity index is 0.00000264. The number of aliphatic imine (C=N–C) groups is 1. The molecule has 0 spiro atoms. The van der Waals surface area contributed by atoms with E-state index in [4.69, 9.17) is 4.99 Å². The molecule has 4 nitrogen and oxygen atoms in total. The Morgan fingerprint density at radius 1 is 1.26 bits per heavy atom. The average Bonchev–Trinajstić information content (AvgIpc) is 3.14. The summed E-state index contributed by atoms with van der Waals surface area (Å²) in [6.45, 7) is 13.5. The number of guanidine groups is 1.